The van der Waals surface area contributed by atoms with Gasteiger partial charge in [-0.2, -0.15) is 0 Å². The van der Waals surface area contributed by atoms with Gasteiger partial charge in [0.2, 0.25) is 0 Å². The van der Waals surface area contributed by atoms with Crippen LogP contribution in [0.5, 0.6) is 11.5 Å². The highest BCUT2D eigenvalue weighted by atomic mass is 28.3. The Labute approximate surface area is 182 Å². The zero-order valence-corrected chi connectivity index (χ0v) is 19.0. The lowest BCUT2D eigenvalue weighted by molar-refractivity contribution is 0.0909. The first-order chi connectivity index (χ1) is 14.9. The van der Waals surface area contributed by atoms with Gasteiger partial charge in [-0.25, -0.2) is 9.37 Å². The maximum atomic E-state index is 14.2. The van der Waals surface area contributed by atoms with E-state index in [0.717, 1.165) is 28.3 Å². The third-order valence-electron chi connectivity index (χ3n) is 4.99. The van der Waals surface area contributed by atoms with Crippen molar-refractivity contribution in [1.82, 2.24) is 14.5 Å². The number of hydrogen-bond acceptors (Lipinski definition) is 4. The topological polar surface area (TPSA) is 49.2 Å². The van der Waals surface area contributed by atoms with Crippen LogP contribution in [0, 0.1) is 5.82 Å². The van der Waals surface area contributed by atoms with E-state index in [1.54, 1.807) is 36.7 Å². The molecule has 0 unspecified atom stereocenters. The van der Waals surface area contributed by atoms with E-state index in [1.165, 1.54) is 6.07 Å². The normalized spacial score (nSPS) is 11.7. The monoisotopic (exact) mass is 435 g/mol. The molecule has 0 amide bonds. The maximum Gasteiger partial charge on any atom is 0.165 e. The number of nitrogens with zero attached hydrogens (tertiary/aromatic N) is 3. The minimum Gasteiger partial charge on any atom is -0.453 e. The molecule has 0 aliphatic carbocycles. The van der Waals surface area contributed by atoms with Gasteiger partial charge in [0.15, 0.2) is 11.6 Å². The molecule has 0 fully saturated rings. The molecule has 3 heterocycles. The first kappa shape index (κ1) is 21.2. The number of aromatic nitrogens is 3. The molecule has 3 aromatic heterocycles. The fraction of sp³-hybridized carbons (Fsp3) is 0.250. The van der Waals surface area contributed by atoms with E-state index >= 15 is 0 Å². The SMILES string of the molecule is C[Si](C)(C)CCOCn1c(-c2cccnc2)cc2c(Oc3ccccc3F)ccnc21. The summed E-state index contributed by atoms with van der Waals surface area (Å²) in [5.41, 5.74) is 2.60. The van der Waals surface area contributed by atoms with Crippen molar-refractivity contribution in [3.05, 3.63) is 72.9 Å². The average molecular weight is 436 g/mol. The Bertz CT molecular complexity index is 1170. The van der Waals surface area contributed by atoms with Gasteiger partial charge in [0.25, 0.3) is 0 Å². The van der Waals surface area contributed by atoms with Crippen LogP contribution < -0.4 is 4.74 Å². The number of benzene rings is 1. The van der Waals surface area contributed by atoms with Crippen LogP contribution in [0.4, 0.5) is 4.39 Å². The highest BCUT2D eigenvalue weighted by molar-refractivity contribution is 6.76. The van der Waals surface area contributed by atoms with Gasteiger partial charge in [-0.3, -0.25) is 4.98 Å². The van der Waals surface area contributed by atoms with E-state index in [2.05, 4.69) is 29.6 Å². The third kappa shape index (κ3) is 5.00. The summed E-state index contributed by atoms with van der Waals surface area (Å²) >= 11 is 0. The summed E-state index contributed by atoms with van der Waals surface area (Å²) in [6.07, 6.45) is 5.22. The summed E-state index contributed by atoms with van der Waals surface area (Å²) in [5, 5.41) is 0.790. The predicted molar refractivity (Wildman–Crippen MR) is 124 cm³/mol. The van der Waals surface area contributed by atoms with Gasteiger partial charge in [-0.15, -0.1) is 0 Å². The number of ether oxygens (including phenoxy) is 2. The molecule has 0 saturated carbocycles. The van der Waals surface area contributed by atoms with E-state index in [1.807, 2.05) is 29.0 Å². The van der Waals surface area contributed by atoms with Crippen LogP contribution in [0.1, 0.15) is 0 Å². The lowest BCUT2D eigenvalue weighted by Crippen LogP contribution is -2.22. The van der Waals surface area contributed by atoms with Gasteiger partial charge in [0.05, 0.1) is 11.1 Å². The Morgan fingerprint density at radius 1 is 1.00 bits per heavy atom. The van der Waals surface area contributed by atoms with Crippen molar-refractivity contribution in [2.75, 3.05) is 6.61 Å². The smallest absolute Gasteiger partial charge is 0.165 e. The van der Waals surface area contributed by atoms with E-state index in [-0.39, 0.29) is 5.75 Å². The molecule has 7 heteroatoms. The second-order valence-corrected chi connectivity index (χ2v) is 14.2. The van der Waals surface area contributed by atoms with E-state index < -0.39 is 13.9 Å². The number of rotatable bonds is 8. The summed E-state index contributed by atoms with van der Waals surface area (Å²) in [7, 11) is -1.18. The van der Waals surface area contributed by atoms with Crippen molar-refractivity contribution in [3.63, 3.8) is 0 Å². The molecule has 0 N–H and O–H groups in total. The van der Waals surface area contributed by atoms with Crippen molar-refractivity contribution < 1.29 is 13.9 Å². The van der Waals surface area contributed by atoms with Crippen LogP contribution in [-0.4, -0.2) is 29.2 Å². The Kier molecular flexibility index (Phi) is 6.15. The number of halogens is 1. The average Bonchev–Trinajstić information content (AvgIpc) is 3.12. The van der Waals surface area contributed by atoms with E-state index in [4.69, 9.17) is 9.47 Å². The van der Waals surface area contributed by atoms with Crippen LogP contribution in [0.15, 0.2) is 67.1 Å². The summed E-state index contributed by atoms with van der Waals surface area (Å²) in [4.78, 5) is 8.83. The second-order valence-electron chi connectivity index (χ2n) is 8.63. The molecule has 160 valence electrons. The van der Waals surface area contributed by atoms with Gasteiger partial charge < -0.3 is 14.0 Å². The van der Waals surface area contributed by atoms with Crippen LogP contribution >= 0.6 is 0 Å². The Morgan fingerprint density at radius 2 is 1.84 bits per heavy atom. The highest BCUT2D eigenvalue weighted by Crippen LogP contribution is 2.35. The quantitative estimate of drug-likeness (QED) is 0.239. The lowest BCUT2D eigenvalue weighted by atomic mass is 10.2. The molecular formula is C24H26FN3O2Si. The molecule has 0 spiro atoms. The first-order valence-corrected chi connectivity index (χ1v) is 14.0. The van der Waals surface area contributed by atoms with Crippen molar-refractivity contribution in [3.8, 4) is 22.8 Å². The van der Waals surface area contributed by atoms with Crippen molar-refractivity contribution in [2.45, 2.75) is 32.4 Å². The molecule has 0 saturated heterocycles. The van der Waals surface area contributed by atoms with Gasteiger partial charge >= 0.3 is 0 Å². The predicted octanol–water partition coefficient (Wildman–Crippen LogP) is 6.34. The minimum atomic E-state index is -1.18. The van der Waals surface area contributed by atoms with Crippen LogP contribution in [-0.2, 0) is 11.5 Å². The summed E-state index contributed by atoms with van der Waals surface area (Å²) in [5.74, 6) is 0.312. The molecule has 0 aliphatic rings. The van der Waals surface area contributed by atoms with E-state index in [9.17, 15) is 4.39 Å². The van der Waals surface area contributed by atoms with E-state index in [0.29, 0.717) is 19.1 Å². The molecule has 0 radical (unpaired) electrons. The molecule has 4 aromatic rings. The second kappa shape index (κ2) is 8.99. The number of pyridine rings is 2. The van der Waals surface area contributed by atoms with Gasteiger partial charge in [0, 0.05) is 38.8 Å². The Morgan fingerprint density at radius 3 is 2.58 bits per heavy atom. The standard InChI is InChI=1S/C24H26FN3O2Si/c1-31(2,3)14-13-29-17-28-21(18-7-6-11-26-16-18)15-19-22(10-12-27-24(19)28)30-23-9-5-4-8-20(23)25/h4-12,15-16H,13-14,17H2,1-3H3. The van der Waals surface area contributed by atoms with Crippen LogP contribution in [0.3, 0.4) is 0 Å². The van der Waals surface area contributed by atoms with Crippen molar-refractivity contribution >= 4 is 19.1 Å². The molecule has 31 heavy (non-hydrogen) atoms. The summed E-state index contributed by atoms with van der Waals surface area (Å²) in [6.45, 7) is 8.06. The molecular weight excluding hydrogens is 409 g/mol. The van der Waals surface area contributed by atoms with Crippen molar-refractivity contribution in [2.24, 2.45) is 0 Å². The fourth-order valence-corrected chi connectivity index (χ4v) is 4.03. The largest absolute Gasteiger partial charge is 0.453 e. The summed E-state index contributed by atoms with van der Waals surface area (Å²) in [6, 6.07) is 15.1. The first-order valence-electron chi connectivity index (χ1n) is 10.3. The zero-order valence-electron chi connectivity index (χ0n) is 18.0. The minimum absolute atomic E-state index is 0.178. The number of fused-ring (bicyclic) bond motifs is 1. The molecule has 5 nitrogen and oxygen atoms in total. The molecule has 0 bridgehead atoms. The molecule has 4 rings (SSSR count). The summed E-state index contributed by atoms with van der Waals surface area (Å²) < 4.78 is 28.1. The Hall–Kier alpha value is -3.03. The lowest BCUT2D eigenvalue weighted by Gasteiger charge is -2.16. The highest BCUT2D eigenvalue weighted by Gasteiger charge is 2.17. The van der Waals surface area contributed by atoms with Gasteiger partial charge in [-0.1, -0.05) is 31.8 Å². The number of para-hydroxylation sites is 1. The van der Waals surface area contributed by atoms with Crippen LogP contribution in [0.2, 0.25) is 25.7 Å². The van der Waals surface area contributed by atoms with Gasteiger partial charge in [-0.05, 0) is 42.4 Å². The van der Waals surface area contributed by atoms with Gasteiger partial charge in [0.1, 0.15) is 18.1 Å². The Balaban J connectivity index is 1.72. The third-order valence-corrected chi connectivity index (χ3v) is 6.69. The zero-order chi connectivity index (χ0) is 21.8. The molecule has 0 atom stereocenters. The maximum absolute atomic E-state index is 14.2. The molecule has 0 aliphatic heterocycles. The fourth-order valence-electron chi connectivity index (χ4n) is 3.28. The molecule has 1 aromatic carbocycles. The van der Waals surface area contributed by atoms with Crippen LogP contribution in [0.25, 0.3) is 22.3 Å². The number of hydrogen-bond donors (Lipinski definition) is 0. The van der Waals surface area contributed by atoms with Crippen molar-refractivity contribution in [1.29, 1.82) is 0 Å².